The molecule has 34 heavy (non-hydrogen) atoms. The normalized spacial score (nSPS) is 10.9. The average Bonchev–Trinajstić information content (AvgIpc) is 3.52. The van der Waals surface area contributed by atoms with E-state index in [4.69, 9.17) is 9.84 Å². The van der Waals surface area contributed by atoms with Crippen molar-refractivity contribution in [3.63, 3.8) is 0 Å². The summed E-state index contributed by atoms with van der Waals surface area (Å²) in [5.41, 5.74) is 4.06. The molecule has 0 atom stereocenters. The highest BCUT2D eigenvalue weighted by Crippen LogP contribution is 2.28. The molecule has 7 nitrogen and oxygen atoms in total. The van der Waals surface area contributed by atoms with Crippen molar-refractivity contribution in [2.75, 3.05) is 19.0 Å². The van der Waals surface area contributed by atoms with Gasteiger partial charge in [-0.3, -0.25) is 9.59 Å². The Kier molecular flexibility index (Phi) is 7.19. The lowest BCUT2D eigenvalue weighted by Gasteiger charge is -2.11. The van der Waals surface area contributed by atoms with Gasteiger partial charge in [-0.25, -0.2) is 4.68 Å². The predicted molar refractivity (Wildman–Crippen MR) is 135 cm³/mol. The van der Waals surface area contributed by atoms with Crippen molar-refractivity contribution in [1.29, 1.82) is 0 Å². The number of carbonyl (C=O) groups is 2. The average molecular weight is 473 g/mol. The van der Waals surface area contributed by atoms with Crippen LogP contribution in [0.4, 0.5) is 5.69 Å². The van der Waals surface area contributed by atoms with Crippen LogP contribution >= 0.6 is 11.3 Å². The molecule has 0 aliphatic heterocycles. The van der Waals surface area contributed by atoms with E-state index in [1.54, 1.807) is 28.2 Å². The monoisotopic (exact) mass is 472 g/mol. The van der Waals surface area contributed by atoms with E-state index in [0.29, 0.717) is 11.4 Å². The fourth-order valence-corrected chi connectivity index (χ4v) is 4.06. The fraction of sp³-hybridized carbons (Fsp3) is 0.115. The SMILES string of the molecule is COc1ccc(C)cc1NC(=O)CNC(=O)/C=C/c1cn(-c2ccccc2)nc1-c1cccs1. The summed E-state index contributed by atoms with van der Waals surface area (Å²) in [4.78, 5) is 25.7. The maximum absolute atomic E-state index is 12.4. The highest BCUT2D eigenvalue weighted by atomic mass is 32.1. The van der Waals surface area contributed by atoms with Crippen LogP contribution in [0.1, 0.15) is 11.1 Å². The van der Waals surface area contributed by atoms with Gasteiger partial charge in [0, 0.05) is 17.8 Å². The van der Waals surface area contributed by atoms with E-state index in [-0.39, 0.29) is 18.4 Å². The Balaban J connectivity index is 1.43. The van der Waals surface area contributed by atoms with Crippen LogP contribution in [0.15, 0.2) is 78.3 Å². The number of methoxy groups -OCH3 is 1. The molecule has 0 saturated heterocycles. The second kappa shape index (κ2) is 10.6. The molecular weight excluding hydrogens is 448 g/mol. The molecule has 0 saturated carbocycles. The van der Waals surface area contributed by atoms with Crippen molar-refractivity contribution in [2.24, 2.45) is 0 Å². The molecule has 0 fully saturated rings. The zero-order valence-corrected chi connectivity index (χ0v) is 19.6. The topological polar surface area (TPSA) is 85.3 Å². The Labute approximate surface area is 201 Å². The number of nitrogens with one attached hydrogen (secondary N) is 2. The minimum atomic E-state index is -0.379. The number of amides is 2. The van der Waals surface area contributed by atoms with Gasteiger partial charge in [0.1, 0.15) is 11.4 Å². The molecule has 2 aromatic heterocycles. The summed E-state index contributed by atoms with van der Waals surface area (Å²) in [5.74, 6) is -0.167. The van der Waals surface area contributed by atoms with Crippen LogP contribution in [0, 0.1) is 6.92 Å². The summed E-state index contributed by atoms with van der Waals surface area (Å²) >= 11 is 1.58. The van der Waals surface area contributed by atoms with E-state index in [9.17, 15) is 9.59 Å². The van der Waals surface area contributed by atoms with Gasteiger partial charge in [0.05, 0.1) is 29.9 Å². The quantitative estimate of drug-likeness (QED) is 0.365. The number of anilines is 1. The Hall–Kier alpha value is -4.17. The Morgan fingerprint density at radius 2 is 1.94 bits per heavy atom. The third-order valence-electron chi connectivity index (χ3n) is 4.98. The van der Waals surface area contributed by atoms with E-state index in [0.717, 1.165) is 27.4 Å². The van der Waals surface area contributed by atoms with Gasteiger partial charge < -0.3 is 15.4 Å². The smallest absolute Gasteiger partial charge is 0.244 e. The fourth-order valence-electron chi connectivity index (χ4n) is 3.33. The van der Waals surface area contributed by atoms with Crippen molar-refractivity contribution in [3.8, 4) is 22.0 Å². The molecule has 2 amide bonds. The lowest BCUT2D eigenvalue weighted by Crippen LogP contribution is -2.31. The molecule has 0 unspecified atom stereocenters. The molecule has 2 aromatic carbocycles. The summed E-state index contributed by atoms with van der Waals surface area (Å²) in [6.45, 7) is 1.76. The lowest BCUT2D eigenvalue weighted by molar-refractivity contribution is -0.121. The molecule has 0 spiro atoms. The zero-order valence-electron chi connectivity index (χ0n) is 18.8. The number of para-hydroxylation sites is 1. The summed E-state index contributed by atoms with van der Waals surface area (Å²) in [7, 11) is 1.54. The van der Waals surface area contributed by atoms with Crippen LogP contribution < -0.4 is 15.4 Å². The summed E-state index contributed by atoms with van der Waals surface area (Å²) < 4.78 is 7.06. The molecule has 0 radical (unpaired) electrons. The standard InChI is InChI=1S/C26H24N4O3S/c1-18-10-12-22(33-2)21(15-18)28-25(32)16-27-24(31)13-11-19-17-30(20-7-4-3-5-8-20)29-26(19)23-9-6-14-34-23/h3-15,17H,16H2,1-2H3,(H,27,31)(H,28,32)/b13-11+. The number of nitrogens with zero attached hydrogens (tertiary/aromatic N) is 2. The summed E-state index contributed by atoms with van der Waals surface area (Å²) in [5, 5.41) is 12.1. The number of hydrogen-bond donors (Lipinski definition) is 2. The van der Waals surface area contributed by atoms with Crippen LogP contribution in [0.2, 0.25) is 0 Å². The number of rotatable bonds is 8. The van der Waals surface area contributed by atoms with Gasteiger partial charge in [-0.1, -0.05) is 30.3 Å². The van der Waals surface area contributed by atoms with E-state index in [1.165, 1.54) is 13.2 Å². The van der Waals surface area contributed by atoms with E-state index in [2.05, 4.69) is 10.6 Å². The molecule has 4 rings (SSSR count). The van der Waals surface area contributed by atoms with Gasteiger partial charge in [-0.2, -0.15) is 5.10 Å². The highest BCUT2D eigenvalue weighted by molar-refractivity contribution is 7.13. The maximum Gasteiger partial charge on any atom is 0.244 e. The molecule has 0 bridgehead atoms. The number of ether oxygens (including phenoxy) is 1. The van der Waals surface area contributed by atoms with E-state index in [1.807, 2.05) is 73.1 Å². The highest BCUT2D eigenvalue weighted by Gasteiger charge is 2.12. The minimum absolute atomic E-state index is 0.165. The van der Waals surface area contributed by atoms with Crippen LogP contribution in [0.25, 0.3) is 22.3 Å². The summed E-state index contributed by atoms with van der Waals surface area (Å²) in [6.07, 6.45) is 4.99. The number of benzene rings is 2. The van der Waals surface area contributed by atoms with Crippen LogP contribution in [0.3, 0.4) is 0 Å². The first kappa shape index (κ1) is 23.0. The zero-order chi connectivity index (χ0) is 23.9. The molecule has 2 N–H and O–H groups in total. The van der Waals surface area contributed by atoms with Crippen molar-refractivity contribution in [2.45, 2.75) is 6.92 Å². The van der Waals surface area contributed by atoms with Crippen molar-refractivity contribution < 1.29 is 14.3 Å². The third-order valence-corrected chi connectivity index (χ3v) is 5.86. The lowest BCUT2D eigenvalue weighted by atomic mass is 10.2. The van der Waals surface area contributed by atoms with Gasteiger partial charge >= 0.3 is 0 Å². The van der Waals surface area contributed by atoms with Crippen LogP contribution in [0.5, 0.6) is 5.75 Å². The van der Waals surface area contributed by atoms with Crippen molar-refractivity contribution in [1.82, 2.24) is 15.1 Å². The third kappa shape index (κ3) is 5.60. The largest absolute Gasteiger partial charge is 0.495 e. The van der Waals surface area contributed by atoms with Gasteiger partial charge in [0.2, 0.25) is 11.8 Å². The molecule has 2 heterocycles. The number of carbonyl (C=O) groups excluding carboxylic acids is 2. The maximum atomic E-state index is 12.4. The van der Waals surface area contributed by atoms with Crippen LogP contribution in [-0.2, 0) is 9.59 Å². The molecule has 0 aliphatic carbocycles. The van der Waals surface area contributed by atoms with E-state index >= 15 is 0 Å². The molecule has 0 aliphatic rings. The number of aromatic nitrogens is 2. The minimum Gasteiger partial charge on any atom is -0.495 e. The van der Waals surface area contributed by atoms with Gasteiger partial charge in [0.25, 0.3) is 0 Å². The first-order chi connectivity index (χ1) is 16.5. The first-order valence-electron chi connectivity index (χ1n) is 10.6. The second-order valence-corrected chi connectivity index (χ2v) is 8.44. The number of hydrogen-bond acceptors (Lipinski definition) is 5. The second-order valence-electron chi connectivity index (χ2n) is 7.49. The molecule has 8 heteroatoms. The molecular formula is C26H24N4O3S. The van der Waals surface area contributed by atoms with Crippen molar-refractivity contribution >= 4 is 34.9 Å². The number of aryl methyl sites for hydroxylation is 1. The predicted octanol–water partition coefficient (Wildman–Crippen LogP) is 4.69. The van der Waals surface area contributed by atoms with Gasteiger partial charge in [0.15, 0.2) is 0 Å². The van der Waals surface area contributed by atoms with E-state index < -0.39 is 0 Å². The van der Waals surface area contributed by atoms with Crippen molar-refractivity contribution in [3.05, 3.63) is 89.4 Å². The van der Waals surface area contributed by atoms with Gasteiger partial charge in [-0.15, -0.1) is 11.3 Å². The Bertz CT molecular complexity index is 1310. The first-order valence-corrected chi connectivity index (χ1v) is 11.5. The molecule has 172 valence electrons. The van der Waals surface area contributed by atoms with Gasteiger partial charge in [-0.05, 0) is 54.3 Å². The Morgan fingerprint density at radius 3 is 2.68 bits per heavy atom. The Morgan fingerprint density at radius 1 is 1.12 bits per heavy atom. The summed E-state index contributed by atoms with van der Waals surface area (Å²) in [6, 6.07) is 19.2. The molecule has 4 aromatic rings. The van der Waals surface area contributed by atoms with Crippen LogP contribution in [-0.4, -0.2) is 35.2 Å². The number of thiophene rings is 1.